The van der Waals surface area contributed by atoms with E-state index in [2.05, 4.69) is 10.3 Å². The van der Waals surface area contributed by atoms with Gasteiger partial charge in [0.1, 0.15) is 18.0 Å². The Balaban J connectivity index is 1.86. The Morgan fingerprint density at radius 3 is 2.67 bits per heavy atom. The summed E-state index contributed by atoms with van der Waals surface area (Å²) in [6.07, 6.45) is 1.70. The molecule has 36 heavy (non-hydrogen) atoms. The number of rotatable bonds is 8. The van der Waals surface area contributed by atoms with Gasteiger partial charge in [0, 0.05) is 17.6 Å². The Morgan fingerprint density at radius 1 is 1.25 bits per heavy atom. The van der Waals surface area contributed by atoms with Gasteiger partial charge in [-0.1, -0.05) is 6.07 Å². The summed E-state index contributed by atoms with van der Waals surface area (Å²) in [5.74, 6) is 0.00206. The first-order chi connectivity index (χ1) is 17.3. The third-order valence-corrected chi connectivity index (χ3v) is 6.56. The maximum Gasteiger partial charge on any atom is 0.325 e. The van der Waals surface area contributed by atoms with Crippen LogP contribution in [0.4, 0.5) is 5.69 Å². The monoisotopic (exact) mass is 509 g/mol. The number of nitro groups is 1. The number of benzene rings is 1. The van der Waals surface area contributed by atoms with E-state index in [0.29, 0.717) is 16.5 Å². The Kier molecular flexibility index (Phi) is 7.20. The number of hydrogen-bond acceptors (Lipinski definition) is 7. The summed E-state index contributed by atoms with van der Waals surface area (Å²) in [5.41, 5.74) is 3.55. The first kappa shape index (κ1) is 25.1. The highest BCUT2D eigenvalue weighted by Gasteiger charge is 2.42. The molecule has 0 bridgehead atoms. The lowest BCUT2D eigenvalue weighted by Crippen LogP contribution is -2.35. The number of methoxy groups -OCH3 is 1. The fraction of sp³-hybridized carbons (Fsp3) is 0.320. The zero-order chi connectivity index (χ0) is 26.0. The van der Waals surface area contributed by atoms with E-state index in [4.69, 9.17) is 21.7 Å². The normalized spacial score (nSPS) is 17.1. The lowest BCUT2D eigenvalue weighted by molar-refractivity contribution is -0.384. The largest absolute Gasteiger partial charge is 0.496 e. The number of nitrogens with one attached hydrogen (secondary N) is 1. The van der Waals surface area contributed by atoms with Crippen molar-refractivity contribution in [1.29, 1.82) is 0 Å². The molecule has 10 nitrogen and oxygen atoms in total. The molecular formula is C25H27N5O5S. The van der Waals surface area contributed by atoms with E-state index < -0.39 is 16.9 Å². The van der Waals surface area contributed by atoms with Gasteiger partial charge in [-0.2, -0.15) is 0 Å². The van der Waals surface area contributed by atoms with Crippen LogP contribution in [0.15, 0.2) is 48.7 Å². The molecule has 0 saturated carbocycles. The van der Waals surface area contributed by atoms with Gasteiger partial charge in [0.2, 0.25) is 0 Å². The van der Waals surface area contributed by atoms with Gasteiger partial charge in [0.15, 0.2) is 5.11 Å². The van der Waals surface area contributed by atoms with Gasteiger partial charge in [0.05, 0.1) is 42.5 Å². The molecular weight excluding hydrogens is 482 g/mol. The van der Waals surface area contributed by atoms with Gasteiger partial charge in [0.25, 0.3) is 5.69 Å². The minimum Gasteiger partial charge on any atom is -0.496 e. The molecule has 3 aromatic rings. The number of esters is 1. The zero-order valence-corrected chi connectivity index (χ0v) is 21.2. The molecule has 0 unspecified atom stereocenters. The quantitative estimate of drug-likeness (QED) is 0.209. The predicted octanol–water partition coefficient (Wildman–Crippen LogP) is 3.94. The Morgan fingerprint density at radius 2 is 2.03 bits per heavy atom. The number of carbonyl (C=O) groups is 1. The molecule has 11 heteroatoms. The van der Waals surface area contributed by atoms with E-state index >= 15 is 0 Å². The van der Waals surface area contributed by atoms with Gasteiger partial charge < -0.3 is 24.3 Å². The van der Waals surface area contributed by atoms with Crippen molar-refractivity contribution in [2.24, 2.45) is 0 Å². The van der Waals surface area contributed by atoms with Crippen LogP contribution in [0.2, 0.25) is 0 Å². The van der Waals surface area contributed by atoms with Gasteiger partial charge in [-0.15, -0.1) is 0 Å². The van der Waals surface area contributed by atoms with Crippen molar-refractivity contribution in [2.45, 2.75) is 32.9 Å². The molecule has 1 fully saturated rings. The molecule has 1 aliphatic rings. The zero-order valence-electron chi connectivity index (χ0n) is 20.4. The van der Waals surface area contributed by atoms with Crippen LogP contribution in [-0.4, -0.2) is 50.7 Å². The highest BCUT2D eigenvalue weighted by molar-refractivity contribution is 7.80. The number of pyridine rings is 1. The van der Waals surface area contributed by atoms with Crippen molar-refractivity contribution in [3.63, 3.8) is 0 Å². The summed E-state index contributed by atoms with van der Waals surface area (Å²) in [4.78, 5) is 30.3. The molecule has 1 aromatic carbocycles. The fourth-order valence-electron chi connectivity index (χ4n) is 4.68. The maximum absolute atomic E-state index is 12.5. The molecule has 0 spiro atoms. The number of aryl methyl sites for hydroxylation is 1. The number of aromatic nitrogens is 2. The molecule has 1 aliphatic heterocycles. The summed E-state index contributed by atoms with van der Waals surface area (Å²) in [5, 5.41) is 15.6. The molecule has 1 saturated heterocycles. The van der Waals surface area contributed by atoms with Crippen LogP contribution in [0.1, 0.15) is 41.7 Å². The highest BCUT2D eigenvalue weighted by atomic mass is 32.1. The standard InChI is InChI=1S/C25H27N5O5S/c1-5-35-22(31)14-28-24(23(27-25(28)36)19-8-6-7-11-26-19)18-12-15(2)29(16(18)3)20-10-9-17(34-4)13-21(20)30(32)33/h6-13,23-24H,5,14H2,1-4H3,(H,27,36)/t23-,24+/m0/s1. The SMILES string of the molecule is CCOC(=O)CN1C(=S)N[C@@H](c2ccccn2)[C@H]1c1cc(C)n(-c2ccc(OC)cc2[N+](=O)[O-])c1C. The van der Waals surface area contributed by atoms with Crippen LogP contribution < -0.4 is 10.1 Å². The van der Waals surface area contributed by atoms with Gasteiger partial charge >= 0.3 is 5.97 Å². The van der Waals surface area contributed by atoms with Gasteiger partial charge in [-0.3, -0.25) is 19.9 Å². The van der Waals surface area contributed by atoms with Gasteiger partial charge in [-0.05, 0) is 68.9 Å². The fourth-order valence-corrected chi connectivity index (χ4v) is 4.99. The van der Waals surface area contributed by atoms with Crippen molar-refractivity contribution < 1.29 is 19.2 Å². The van der Waals surface area contributed by atoms with Crippen LogP contribution in [0.5, 0.6) is 5.75 Å². The molecule has 0 amide bonds. The molecule has 4 rings (SSSR count). The van der Waals surface area contributed by atoms with Crippen molar-refractivity contribution in [3.8, 4) is 11.4 Å². The van der Waals surface area contributed by atoms with Crippen LogP contribution >= 0.6 is 12.2 Å². The molecule has 2 aromatic heterocycles. The lowest BCUT2D eigenvalue weighted by Gasteiger charge is -2.27. The van der Waals surface area contributed by atoms with E-state index in [1.165, 1.54) is 13.2 Å². The van der Waals surface area contributed by atoms with Crippen LogP contribution in [-0.2, 0) is 9.53 Å². The molecule has 0 radical (unpaired) electrons. The molecule has 1 N–H and O–H groups in total. The van der Waals surface area contributed by atoms with Crippen molar-refractivity contribution in [2.75, 3.05) is 20.3 Å². The molecule has 3 heterocycles. The second-order valence-electron chi connectivity index (χ2n) is 8.33. The second-order valence-corrected chi connectivity index (χ2v) is 8.72. The van der Waals surface area contributed by atoms with Crippen LogP contribution in [0, 0.1) is 24.0 Å². The Labute approximate surface area is 214 Å². The number of nitro benzene ring substituents is 1. The van der Waals surface area contributed by atoms with Crippen LogP contribution in [0.25, 0.3) is 5.69 Å². The minimum absolute atomic E-state index is 0.0416. The average molecular weight is 510 g/mol. The first-order valence-corrected chi connectivity index (χ1v) is 11.8. The van der Waals surface area contributed by atoms with Crippen molar-refractivity contribution in [3.05, 3.63) is 81.4 Å². The van der Waals surface area contributed by atoms with Crippen molar-refractivity contribution >= 4 is 29.0 Å². The third-order valence-electron chi connectivity index (χ3n) is 6.21. The molecule has 188 valence electrons. The third kappa shape index (κ3) is 4.61. The smallest absolute Gasteiger partial charge is 0.325 e. The first-order valence-electron chi connectivity index (χ1n) is 11.4. The molecule has 0 aliphatic carbocycles. The summed E-state index contributed by atoms with van der Waals surface area (Å²) in [6, 6.07) is 11.6. The number of carbonyl (C=O) groups excluding carboxylic acids is 1. The lowest BCUT2D eigenvalue weighted by atomic mass is 9.97. The van der Waals surface area contributed by atoms with E-state index in [0.717, 1.165) is 22.6 Å². The maximum atomic E-state index is 12.5. The predicted molar refractivity (Wildman–Crippen MR) is 137 cm³/mol. The van der Waals surface area contributed by atoms with E-state index in [1.807, 2.05) is 42.7 Å². The summed E-state index contributed by atoms with van der Waals surface area (Å²) in [7, 11) is 1.47. The molecule has 2 atom stereocenters. The Hall–Kier alpha value is -3.99. The number of ether oxygens (including phenoxy) is 2. The topological polar surface area (TPSA) is 112 Å². The van der Waals surface area contributed by atoms with Crippen molar-refractivity contribution in [1.82, 2.24) is 19.8 Å². The summed E-state index contributed by atoms with van der Waals surface area (Å²) < 4.78 is 12.2. The van der Waals surface area contributed by atoms with Crippen LogP contribution in [0.3, 0.4) is 0 Å². The van der Waals surface area contributed by atoms with Gasteiger partial charge in [-0.25, -0.2) is 0 Å². The number of hydrogen-bond donors (Lipinski definition) is 1. The van der Waals surface area contributed by atoms with E-state index in [9.17, 15) is 14.9 Å². The average Bonchev–Trinajstić information content (AvgIpc) is 3.34. The number of thiocarbonyl (C=S) groups is 1. The van der Waals surface area contributed by atoms with E-state index in [1.54, 1.807) is 30.2 Å². The minimum atomic E-state index is -0.424. The highest BCUT2D eigenvalue weighted by Crippen LogP contribution is 2.42. The summed E-state index contributed by atoms with van der Waals surface area (Å²) >= 11 is 5.63. The Bertz CT molecular complexity index is 1310. The second kappa shape index (κ2) is 10.3. The summed E-state index contributed by atoms with van der Waals surface area (Å²) in [6.45, 7) is 5.76. The van der Waals surface area contributed by atoms with E-state index in [-0.39, 0.29) is 24.9 Å². The number of nitrogens with zero attached hydrogens (tertiary/aromatic N) is 4.